The van der Waals surface area contributed by atoms with Gasteiger partial charge in [0.2, 0.25) is 11.8 Å². The number of hydrogen-bond donors (Lipinski definition) is 1. The van der Waals surface area contributed by atoms with Crippen LogP contribution in [0.5, 0.6) is 11.5 Å². The molecule has 0 saturated heterocycles. The van der Waals surface area contributed by atoms with Crippen LogP contribution in [-0.4, -0.2) is 43.0 Å². The van der Waals surface area contributed by atoms with E-state index < -0.39 is 0 Å². The summed E-state index contributed by atoms with van der Waals surface area (Å²) in [6.07, 6.45) is 3.24. The van der Waals surface area contributed by atoms with E-state index in [-0.39, 0.29) is 18.4 Å². The first-order chi connectivity index (χ1) is 13.5. The lowest BCUT2D eigenvalue weighted by Crippen LogP contribution is -2.36. The molecule has 3 rings (SSSR count). The van der Waals surface area contributed by atoms with Gasteiger partial charge >= 0.3 is 0 Å². The fraction of sp³-hybridized carbons (Fsp3) is 0.273. The van der Waals surface area contributed by atoms with Gasteiger partial charge in [-0.15, -0.1) is 0 Å². The number of likely N-dealkylation sites (N-methyl/N-ethyl adjacent to an activating group) is 1. The molecule has 2 aromatic carbocycles. The Kier molecular flexibility index (Phi) is 6.32. The molecule has 1 heterocycles. The molecule has 2 aromatic rings. The lowest BCUT2D eigenvalue weighted by molar-refractivity contribution is -0.130. The van der Waals surface area contributed by atoms with Crippen LogP contribution < -0.4 is 14.8 Å². The second-order valence-electron chi connectivity index (χ2n) is 6.50. The van der Waals surface area contributed by atoms with Gasteiger partial charge in [-0.25, -0.2) is 0 Å². The van der Waals surface area contributed by atoms with Crippen LogP contribution in [0.2, 0.25) is 0 Å². The van der Waals surface area contributed by atoms with Crippen LogP contribution in [0.4, 0.5) is 5.69 Å². The minimum absolute atomic E-state index is 0.0258. The number of carbonyl (C=O) groups excluding carboxylic acids is 2. The van der Waals surface area contributed by atoms with Gasteiger partial charge < -0.3 is 19.7 Å². The van der Waals surface area contributed by atoms with Gasteiger partial charge in [0.05, 0.1) is 0 Å². The summed E-state index contributed by atoms with van der Waals surface area (Å²) < 4.78 is 11.0. The Labute approximate surface area is 164 Å². The molecule has 0 atom stereocenters. The van der Waals surface area contributed by atoms with Crippen molar-refractivity contribution in [3.05, 3.63) is 59.7 Å². The third kappa shape index (κ3) is 5.13. The largest absolute Gasteiger partial charge is 0.486 e. The van der Waals surface area contributed by atoms with Gasteiger partial charge in [0.25, 0.3) is 0 Å². The van der Waals surface area contributed by atoms with Crippen LogP contribution in [-0.2, 0) is 9.59 Å². The Morgan fingerprint density at radius 3 is 2.50 bits per heavy atom. The van der Waals surface area contributed by atoms with E-state index in [0.29, 0.717) is 36.9 Å². The monoisotopic (exact) mass is 380 g/mol. The summed E-state index contributed by atoms with van der Waals surface area (Å²) in [6, 6.07) is 13.1. The van der Waals surface area contributed by atoms with Gasteiger partial charge in [0.15, 0.2) is 11.5 Å². The maximum Gasteiger partial charge on any atom is 0.247 e. The number of aryl methyl sites for hydroxylation is 1. The van der Waals surface area contributed by atoms with E-state index in [0.717, 1.165) is 11.1 Å². The molecule has 2 amide bonds. The third-order valence-electron chi connectivity index (χ3n) is 4.35. The molecule has 0 radical (unpaired) electrons. The highest BCUT2D eigenvalue weighted by Crippen LogP contribution is 2.32. The van der Waals surface area contributed by atoms with Crippen LogP contribution in [0.15, 0.2) is 48.5 Å². The number of anilines is 1. The quantitative estimate of drug-likeness (QED) is 0.781. The molecule has 1 aliphatic rings. The van der Waals surface area contributed by atoms with Crippen LogP contribution in [0.25, 0.3) is 6.08 Å². The van der Waals surface area contributed by atoms with Crippen LogP contribution >= 0.6 is 0 Å². The van der Waals surface area contributed by atoms with E-state index in [4.69, 9.17) is 9.47 Å². The van der Waals surface area contributed by atoms with Crippen LogP contribution in [0.1, 0.15) is 18.1 Å². The number of rotatable bonds is 6. The van der Waals surface area contributed by atoms with E-state index in [1.165, 1.54) is 11.0 Å². The molecule has 0 aromatic heterocycles. The summed E-state index contributed by atoms with van der Waals surface area (Å²) >= 11 is 0. The van der Waals surface area contributed by atoms with Crippen molar-refractivity contribution in [1.29, 1.82) is 0 Å². The molecular formula is C22H24N2O4. The maximum atomic E-state index is 12.4. The normalized spacial score (nSPS) is 12.6. The molecule has 0 fully saturated rings. The maximum absolute atomic E-state index is 12.4. The summed E-state index contributed by atoms with van der Waals surface area (Å²) in [5.41, 5.74) is 2.71. The average molecular weight is 380 g/mol. The first-order valence-corrected chi connectivity index (χ1v) is 9.28. The molecule has 1 N–H and O–H groups in total. The molecular weight excluding hydrogens is 356 g/mol. The van der Waals surface area contributed by atoms with E-state index in [1.54, 1.807) is 24.3 Å². The number of ether oxygens (including phenoxy) is 2. The molecule has 6 heteroatoms. The first-order valence-electron chi connectivity index (χ1n) is 9.28. The standard InChI is InChI=1S/C22H24N2O4/c1-3-24(22(26)11-8-17-6-4-16(2)5-7-17)15-21(25)23-18-9-10-19-20(14-18)28-13-12-27-19/h4-11,14H,3,12-13,15H2,1-2H3,(H,23,25)/b11-8+. The summed E-state index contributed by atoms with van der Waals surface area (Å²) in [5.74, 6) is 0.792. The zero-order chi connectivity index (χ0) is 19.9. The number of hydrogen-bond acceptors (Lipinski definition) is 4. The Hall–Kier alpha value is -3.28. The Balaban J connectivity index is 1.58. The summed E-state index contributed by atoms with van der Waals surface area (Å²) in [4.78, 5) is 26.3. The fourth-order valence-electron chi connectivity index (χ4n) is 2.79. The Morgan fingerprint density at radius 1 is 1.07 bits per heavy atom. The second-order valence-corrected chi connectivity index (χ2v) is 6.50. The van der Waals surface area contributed by atoms with Crippen molar-refractivity contribution in [1.82, 2.24) is 4.90 Å². The van der Waals surface area contributed by atoms with Gasteiger partial charge in [-0.2, -0.15) is 0 Å². The van der Waals surface area contributed by atoms with Gasteiger partial charge in [0.1, 0.15) is 19.8 Å². The molecule has 1 aliphatic heterocycles. The van der Waals surface area contributed by atoms with Gasteiger partial charge in [-0.05, 0) is 37.6 Å². The predicted molar refractivity (Wildman–Crippen MR) is 109 cm³/mol. The predicted octanol–water partition coefficient (Wildman–Crippen LogP) is 3.27. The fourth-order valence-corrected chi connectivity index (χ4v) is 2.79. The molecule has 0 bridgehead atoms. The number of fused-ring (bicyclic) bond motifs is 1. The Morgan fingerprint density at radius 2 is 1.79 bits per heavy atom. The SMILES string of the molecule is CCN(CC(=O)Nc1ccc2c(c1)OCCO2)C(=O)/C=C/c1ccc(C)cc1. The van der Waals surface area contributed by atoms with Crippen LogP contribution in [0.3, 0.4) is 0 Å². The molecule has 28 heavy (non-hydrogen) atoms. The van der Waals surface area contributed by atoms with Gasteiger partial charge in [-0.3, -0.25) is 9.59 Å². The molecule has 146 valence electrons. The van der Waals surface area contributed by atoms with E-state index in [9.17, 15) is 9.59 Å². The summed E-state index contributed by atoms with van der Waals surface area (Å²) in [7, 11) is 0. The zero-order valence-corrected chi connectivity index (χ0v) is 16.1. The molecule has 0 spiro atoms. The number of benzene rings is 2. The summed E-state index contributed by atoms with van der Waals surface area (Å²) in [6.45, 7) is 5.26. The van der Waals surface area contributed by atoms with Crippen molar-refractivity contribution < 1.29 is 19.1 Å². The zero-order valence-electron chi connectivity index (χ0n) is 16.1. The van der Waals surface area contributed by atoms with E-state index in [2.05, 4.69) is 5.32 Å². The lowest BCUT2D eigenvalue weighted by atomic mass is 10.1. The van der Waals surface area contributed by atoms with Gasteiger partial charge in [0, 0.05) is 24.4 Å². The number of nitrogens with zero attached hydrogens (tertiary/aromatic N) is 1. The van der Waals surface area contributed by atoms with Crippen molar-refractivity contribution in [2.75, 3.05) is 31.6 Å². The summed E-state index contributed by atoms with van der Waals surface area (Å²) in [5, 5.41) is 2.80. The van der Waals surface area contributed by atoms with Crippen molar-refractivity contribution in [2.24, 2.45) is 0 Å². The first kappa shape index (κ1) is 19.5. The number of carbonyl (C=O) groups is 2. The molecule has 0 aliphatic carbocycles. The van der Waals surface area contributed by atoms with E-state index in [1.807, 2.05) is 38.1 Å². The smallest absolute Gasteiger partial charge is 0.247 e. The topological polar surface area (TPSA) is 67.9 Å². The van der Waals surface area contributed by atoms with Gasteiger partial charge in [-0.1, -0.05) is 29.8 Å². The average Bonchev–Trinajstić information content (AvgIpc) is 2.71. The van der Waals surface area contributed by atoms with E-state index >= 15 is 0 Å². The minimum Gasteiger partial charge on any atom is -0.486 e. The van der Waals surface area contributed by atoms with Crippen molar-refractivity contribution in [3.63, 3.8) is 0 Å². The third-order valence-corrected chi connectivity index (χ3v) is 4.35. The lowest BCUT2D eigenvalue weighted by Gasteiger charge is -2.20. The molecule has 0 unspecified atom stereocenters. The van der Waals surface area contributed by atoms with Crippen molar-refractivity contribution in [3.8, 4) is 11.5 Å². The van der Waals surface area contributed by atoms with Crippen molar-refractivity contribution in [2.45, 2.75) is 13.8 Å². The highest BCUT2D eigenvalue weighted by atomic mass is 16.6. The minimum atomic E-state index is -0.268. The number of nitrogens with one attached hydrogen (secondary N) is 1. The molecule has 0 saturated carbocycles. The van der Waals surface area contributed by atoms with Crippen LogP contribution in [0, 0.1) is 6.92 Å². The van der Waals surface area contributed by atoms with Crippen molar-refractivity contribution >= 4 is 23.6 Å². The second kappa shape index (κ2) is 9.08. The highest BCUT2D eigenvalue weighted by Gasteiger charge is 2.16. The number of amides is 2. The molecule has 6 nitrogen and oxygen atoms in total. The Bertz CT molecular complexity index is 875. The highest BCUT2D eigenvalue weighted by molar-refractivity contribution is 5.98.